The molecule has 0 aromatic heterocycles. The minimum absolute atomic E-state index is 0.0165. The summed E-state index contributed by atoms with van der Waals surface area (Å²) in [6.45, 7) is 4.28. The first-order chi connectivity index (χ1) is 26.3. The van der Waals surface area contributed by atoms with Crippen LogP contribution in [0.25, 0.3) is 0 Å². The lowest BCUT2D eigenvalue weighted by Gasteiger charge is -2.20. The molecule has 1 saturated carbocycles. The fourth-order valence-electron chi connectivity index (χ4n) is 6.67. The van der Waals surface area contributed by atoms with Gasteiger partial charge in [0, 0.05) is 25.2 Å². The van der Waals surface area contributed by atoms with Crippen LogP contribution < -0.4 is 0 Å². The monoisotopic (exact) mass is 806 g/mol. The van der Waals surface area contributed by atoms with Crippen LogP contribution in [0.3, 0.4) is 0 Å². The minimum Gasteiger partial charge on any atom is -0.462 e. The van der Waals surface area contributed by atoms with Crippen LogP contribution >= 0.6 is 7.82 Å². The van der Waals surface area contributed by atoms with E-state index in [9.17, 15) is 39.2 Å². The average Bonchev–Trinajstić information content (AvgIpc) is 3.41. The third-order valence-electron chi connectivity index (χ3n) is 10.0. The van der Waals surface area contributed by atoms with Crippen LogP contribution in [0.15, 0.2) is 12.2 Å². The lowest BCUT2D eigenvalue weighted by atomic mass is 9.88. The van der Waals surface area contributed by atoms with E-state index >= 15 is 0 Å². The third kappa shape index (κ3) is 26.8. The van der Waals surface area contributed by atoms with Crippen molar-refractivity contribution in [2.45, 2.75) is 186 Å². The van der Waals surface area contributed by atoms with Gasteiger partial charge in [-0.1, -0.05) is 129 Å². The van der Waals surface area contributed by atoms with Gasteiger partial charge in [-0.25, -0.2) is 4.57 Å². The summed E-state index contributed by atoms with van der Waals surface area (Å²) in [5.74, 6) is -0.961. The molecule has 0 aromatic carbocycles. The Balaban J connectivity index is 2.48. The number of phosphoric acid groups is 1. The van der Waals surface area contributed by atoms with E-state index in [1.54, 1.807) is 12.2 Å². The molecule has 0 spiro atoms. The molecule has 1 unspecified atom stereocenters. The molecule has 1 fully saturated rings. The van der Waals surface area contributed by atoms with E-state index in [0.29, 0.717) is 32.1 Å². The summed E-state index contributed by atoms with van der Waals surface area (Å²) < 4.78 is 32.7. The topological polar surface area (TPSA) is 206 Å². The first kappa shape index (κ1) is 51.3. The molecular weight excluding hydrogens is 731 g/mol. The molecule has 1 aliphatic rings. The van der Waals surface area contributed by atoms with Gasteiger partial charge in [0.25, 0.3) is 0 Å². The zero-order chi connectivity index (χ0) is 40.9. The highest BCUT2D eigenvalue weighted by Gasteiger charge is 2.39. The van der Waals surface area contributed by atoms with Crippen LogP contribution in [0.4, 0.5) is 0 Å². The van der Waals surface area contributed by atoms with Crippen molar-refractivity contribution in [3.05, 3.63) is 12.2 Å². The number of ether oxygens (including phenoxy) is 2. The molecule has 322 valence electrons. The van der Waals surface area contributed by atoms with Gasteiger partial charge in [0.05, 0.1) is 32.0 Å². The lowest BCUT2D eigenvalue weighted by molar-refractivity contribution is -0.161. The van der Waals surface area contributed by atoms with Crippen LogP contribution in [0.2, 0.25) is 0 Å². The highest BCUT2D eigenvalue weighted by molar-refractivity contribution is 7.47. The third-order valence-corrected chi connectivity index (χ3v) is 11.0. The summed E-state index contributed by atoms with van der Waals surface area (Å²) in [6.07, 6.45) is 18.1. The van der Waals surface area contributed by atoms with Crippen molar-refractivity contribution in [2.75, 3.05) is 26.4 Å². The maximum Gasteiger partial charge on any atom is 0.472 e. The number of esters is 2. The zero-order valence-electron chi connectivity index (χ0n) is 34.0. The van der Waals surface area contributed by atoms with Gasteiger partial charge in [0.2, 0.25) is 0 Å². The van der Waals surface area contributed by atoms with E-state index in [0.717, 1.165) is 57.3 Å². The average molecular weight is 807 g/mol. The maximum atomic E-state index is 12.7. The molecule has 5 N–H and O–H groups in total. The molecule has 0 amide bonds. The molecule has 0 aliphatic heterocycles. The number of allylic oxidation sites excluding steroid dienone is 1. The fourth-order valence-corrected chi connectivity index (χ4v) is 7.46. The van der Waals surface area contributed by atoms with Gasteiger partial charge in [0.15, 0.2) is 6.10 Å². The zero-order valence-corrected chi connectivity index (χ0v) is 34.9. The molecule has 7 atom stereocenters. The van der Waals surface area contributed by atoms with E-state index in [1.165, 1.54) is 38.5 Å². The van der Waals surface area contributed by atoms with Gasteiger partial charge >= 0.3 is 19.8 Å². The van der Waals surface area contributed by atoms with E-state index in [-0.39, 0.29) is 37.6 Å². The first-order valence-electron chi connectivity index (χ1n) is 21.1. The summed E-state index contributed by atoms with van der Waals surface area (Å²) in [6, 6.07) is 0. The second-order valence-electron chi connectivity index (χ2n) is 15.6. The normalized spacial score (nSPS) is 20.2. The maximum absolute atomic E-state index is 12.7. The molecule has 1 rings (SSSR count). The van der Waals surface area contributed by atoms with Crippen molar-refractivity contribution >= 4 is 25.5 Å². The van der Waals surface area contributed by atoms with Gasteiger partial charge in [-0.15, -0.1) is 0 Å². The van der Waals surface area contributed by atoms with E-state index in [2.05, 4.69) is 25.3 Å². The summed E-state index contributed by atoms with van der Waals surface area (Å²) in [5.41, 5.74) is 0. The first-order valence-corrected chi connectivity index (χ1v) is 22.6. The Morgan fingerprint density at radius 3 is 1.98 bits per heavy atom. The molecule has 0 aromatic rings. The van der Waals surface area contributed by atoms with Crippen LogP contribution in [0, 0.1) is 17.8 Å². The summed E-state index contributed by atoms with van der Waals surface area (Å²) in [7, 11) is -4.68. The Bertz CT molecular complexity index is 1100. The predicted octanol–water partition coefficient (Wildman–Crippen LogP) is 7.28. The highest BCUT2D eigenvalue weighted by atomic mass is 31.2. The Morgan fingerprint density at radius 1 is 0.800 bits per heavy atom. The number of phosphoric ester groups is 1. The van der Waals surface area contributed by atoms with Gasteiger partial charge < -0.3 is 34.8 Å². The Morgan fingerprint density at radius 2 is 1.36 bits per heavy atom. The van der Waals surface area contributed by atoms with Crippen molar-refractivity contribution < 1.29 is 62.8 Å². The molecular formula is C41H75O13P. The molecule has 55 heavy (non-hydrogen) atoms. The molecule has 13 nitrogen and oxygen atoms in total. The smallest absolute Gasteiger partial charge is 0.462 e. The van der Waals surface area contributed by atoms with Crippen LogP contribution in [0.5, 0.6) is 0 Å². The number of unbranched alkanes of at least 4 members (excludes halogenated alkanes) is 13. The molecule has 1 aliphatic carbocycles. The quantitative estimate of drug-likeness (QED) is 0.0185. The van der Waals surface area contributed by atoms with Crippen LogP contribution in [-0.4, -0.2) is 93.9 Å². The number of ketones is 1. The summed E-state index contributed by atoms with van der Waals surface area (Å²) in [5, 5.41) is 39.1. The van der Waals surface area contributed by atoms with E-state index < -0.39 is 69.9 Å². The van der Waals surface area contributed by atoms with Crippen molar-refractivity contribution in [1.82, 2.24) is 0 Å². The van der Waals surface area contributed by atoms with Gasteiger partial charge in [0.1, 0.15) is 18.5 Å². The number of rotatable bonds is 35. The molecule has 14 heteroatoms. The van der Waals surface area contributed by atoms with Gasteiger partial charge in [-0.3, -0.25) is 23.4 Å². The van der Waals surface area contributed by atoms with E-state index in [1.807, 2.05) is 0 Å². The standard InChI is InChI=1S/C41H75O13P/c1-4-5-15-21-33(43)25-26-37-36(38(45)27-39(37)46)22-17-13-14-19-24-41(48)54-35(31-53-55(49,50)52-29-34(44)28-42)30-51-40(47)23-18-12-10-8-6-7-9-11-16-20-32(2)3/h25-26,32-38,42-45H,4-24,27-31H2,1-3H3,(H,49,50)/b26-25+/t33-,34-,35+,36+,37+,38-/m0/s1. The second kappa shape index (κ2) is 31.3. The minimum atomic E-state index is -4.68. The largest absolute Gasteiger partial charge is 0.472 e. The highest BCUT2D eigenvalue weighted by Crippen LogP contribution is 2.43. The van der Waals surface area contributed by atoms with Crippen molar-refractivity contribution in [3.8, 4) is 0 Å². The number of carbonyl (C=O) groups is 3. The van der Waals surface area contributed by atoms with Gasteiger partial charge in [-0.05, 0) is 37.5 Å². The lowest BCUT2D eigenvalue weighted by Crippen LogP contribution is -2.29. The SMILES string of the molecule is CCCCC[C@H](O)/C=C/[C@H]1C(=O)C[C@H](O)[C@@H]1CCCCCCC(=O)O[C@H](COC(=O)CCCCCCCCCCCC(C)C)COP(=O)(O)OC[C@@H](O)CO. The number of Topliss-reactive ketones (excluding diaryl/α,β-unsaturated/α-hetero) is 1. The van der Waals surface area contributed by atoms with Crippen LogP contribution in [-0.2, 0) is 37.5 Å². The van der Waals surface area contributed by atoms with Crippen molar-refractivity contribution in [2.24, 2.45) is 17.8 Å². The Labute approximate surface area is 330 Å². The molecule has 0 heterocycles. The molecule has 0 radical (unpaired) electrons. The molecule has 0 bridgehead atoms. The predicted molar refractivity (Wildman–Crippen MR) is 211 cm³/mol. The number of aliphatic hydroxyl groups is 4. The number of aliphatic hydroxyl groups excluding tert-OH is 4. The Kier molecular flexibility index (Phi) is 29.2. The number of hydrogen-bond acceptors (Lipinski definition) is 12. The summed E-state index contributed by atoms with van der Waals surface area (Å²) in [4.78, 5) is 47.6. The van der Waals surface area contributed by atoms with Crippen molar-refractivity contribution in [1.29, 1.82) is 0 Å². The van der Waals surface area contributed by atoms with Crippen molar-refractivity contribution in [3.63, 3.8) is 0 Å². The van der Waals surface area contributed by atoms with Crippen LogP contribution in [0.1, 0.15) is 162 Å². The van der Waals surface area contributed by atoms with E-state index in [4.69, 9.17) is 19.1 Å². The fraction of sp³-hybridized carbons (Fsp3) is 0.878. The molecule has 0 saturated heterocycles. The van der Waals surface area contributed by atoms with Gasteiger partial charge in [-0.2, -0.15) is 0 Å². The summed E-state index contributed by atoms with van der Waals surface area (Å²) >= 11 is 0. The number of hydrogen-bond donors (Lipinski definition) is 5. The second-order valence-corrected chi connectivity index (χ2v) is 17.1. The Hall–Kier alpha value is -1.70. The number of carbonyl (C=O) groups excluding carboxylic acids is 3.